The molecule has 12 aromatic rings. The maximum absolute atomic E-state index is 6.25. The van der Waals surface area contributed by atoms with E-state index in [-0.39, 0.29) is 0 Å². The third-order valence-corrected chi connectivity index (χ3v) is 11.6. The van der Waals surface area contributed by atoms with Crippen LogP contribution in [0.4, 0.5) is 17.1 Å². The smallest absolute Gasteiger partial charge is 0.136 e. The Morgan fingerprint density at radius 2 is 0.897 bits per heavy atom. The normalized spacial score (nSPS) is 11.8. The quantitative estimate of drug-likeness (QED) is 0.170. The molecule has 0 N–H and O–H groups in total. The summed E-state index contributed by atoms with van der Waals surface area (Å²) in [5.74, 6) is 0. The summed E-state index contributed by atoms with van der Waals surface area (Å²) in [5.41, 5.74) is 14.9. The Balaban J connectivity index is 1.01. The Bertz CT molecular complexity index is 3500. The Labute approximate surface area is 334 Å². The van der Waals surface area contributed by atoms with Crippen molar-refractivity contribution in [2.45, 2.75) is 0 Å². The molecular formula is C54H34N2O2. The molecule has 0 atom stereocenters. The van der Waals surface area contributed by atoms with Gasteiger partial charge in [0.05, 0.1) is 11.0 Å². The number of para-hydroxylation sites is 4. The number of fused-ring (bicyclic) bond motifs is 9. The molecule has 0 aliphatic rings. The predicted molar refractivity (Wildman–Crippen MR) is 241 cm³/mol. The van der Waals surface area contributed by atoms with E-state index < -0.39 is 0 Å². The summed E-state index contributed by atoms with van der Waals surface area (Å²) in [7, 11) is 0. The summed E-state index contributed by atoms with van der Waals surface area (Å²) >= 11 is 0. The molecule has 9 aromatic carbocycles. The third-order valence-electron chi connectivity index (χ3n) is 11.6. The van der Waals surface area contributed by atoms with Gasteiger partial charge >= 0.3 is 0 Å². The Hall–Kier alpha value is -7.82. The minimum atomic E-state index is 0.895. The van der Waals surface area contributed by atoms with Crippen molar-refractivity contribution in [2.75, 3.05) is 4.90 Å². The van der Waals surface area contributed by atoms with Crippen LogP contribution in [0, 0.1) is 0 Å². The van der Waals surface area contributed by atoms with Crippen LogP contribution in [0.25, 0.3) is 93.6 Å². The summed E-state index contributed by atoms with van der Waals surface area (Å²) in [6, 6.07) is 73.4. The van der Waals surface area contributed by atoms with Crippen molar-refractivity contribution in [1.29, 1.82) is 0 Å². The molecule has 0 aliphatic carbocycles. The van der Waals surface area contributed by atoms with Gasteiger partial charge in [-0.15, -0.1) is 0 Å². The molecule has 4 nitrogen and oxygen atoms in total. The topological polar surface area (TPSA) is 34.5 Å². The van der Waals surface area contributed by atoms with E-state index in [2.05, 4.69) is 191 Å². The maximum atomic E-state index is 6.25. The van der Waals surface area contributed by atoms with Crippen LogP contribution in [-0.4, -0.2) is 4.57 Å². The van der Waals surface area contributed by atoms with Crippen molar-refractivity contribution in [3.8, 4) is 27.9 Å². The van der Waals surface area contributed by atoms with Crippen molar-refractivity contribution in [1.82, 2.24) is 4.57 Å². The van der Waals surface area contributed by atoms with E-state index in [0.717, 1.165) is 94.4 Å². The molecule has 0 spiro atoms. The molecular weight excluding hydrogens is 709 g/mol. The number of furan rings is 2. The van der Waals surface area contributed by atoms with Crippen molar-refractivity contribution in [3.05, 3.63) is 206 Å². The van der Waals surface area contributed by atoms with E-state index in [0.29, 0.717) is 0 Å². The van der Waals surface area contributed by atoms with E-state index >= 15 is 0 Å². The first-order valence-electron chi connectivity index (χ1n) is 19.7. The summed E-state index contributed by atoms with van der Waals surface area (Å²) in [6.45, 7) is 0. The molecule has 3 heterocycles. The molecule has 0 radical (unpaired) electrons. The molecule has 0 bridgehead atoms. The zero-order valence-electron chi connectivity index (χ0n) is 31.3. The van der Waals surface area contributed by atoms with Gasteiger partial charge in [0.25, 0.3) is 0 Å². The number of hydrogen-bond acceptors (Lipinski definition) is 3. The highest BCUT2D eigenvalue weighted by Crippen LogP contribution is 2.42. The second kappa shape index (κ2) is 12.9. The highest BCUT2D eigenvalue weighted by Gasteiger charge is 2.19. The molecule has 0 fully saturated rings. The van der Waals surface area contributed by atoms with Gasteiger partial charge in [-0.2, -0.15) is 0 Å². The Morgan fingerprint density at radius 1 is 0.328 bits per heavy atom. The Kier molecular flexibility index (Phi) is 7.20. The van der Waals surface area contributed by atoms with Crippen molar-refractivity contribution in [2.24, 2.45) is 0 Å². The Morgan fingerprint density at radius 3 is 1.69 bits per heavy atom. The lowest BCUT2D eigenvalue weighted by Gasteiger charge is -2.26. The average Bonchev–Trinajstić information content (AvgIpc) is 3.96. The van der Waals surface area contributed by atoms with Crippen LogP contribution in [0.3, 0.4) is 0 Å². The van der Waals surface area contributed by atoms with E-state index in [4.69, 9.17) is 8.83 Å². The van der Waals surface area contributed by atoms with Crippen LogP contribution in [0.2, 0.25) is 0 Å². The highest BCUT2D eigenvalue weighted by molar-refractivity contribution is 6.13. The van der Waals surface area contributed by atoms with E-state index in [1.165, 1.54) is 16.3 Å². The summed E-state index contributed by atoms with van der Waals surface area (Å²) in [4.78, 5) is 2.36. The van der Waals surface area contributed by atoms with Gasteiger partial charge < -0.3 is 18.3 Å². The molecule has 0 saturated carbocycles. The fourth-order valence-corrected chi connectivity index (χ4v) is 8.91. The fourth-order valence-electron chi connectivity index (χ4n) is 8.91. The predicted octanol–water partition coefficient (Wildman–Crippen LogP) is 15.4. The highest BCUT2D eigenvalue weighted by atomic mass is 16.3. The van der Waals surface area contributed by atoms with Crippen molar-refractivity contribution >= 4 is 82.7 Å². The van der Waals surface area contributed by atoms with Gasteiger partial charge in [0.15, 0.2) is 0 Å². The van der Waals surface area contributed by atoms with Crippen LogP contribution >= 0.6 is 0 Å². The number of hydrogen-bond donors (Lipinski definition) is 0. The molecule has 12 rings (SSSR count). The van der Waals surface area contributed by atoms with E-state index in [1.807, 2.05) is 24.3 Å². The van der Waals surface area contributed by atoms with Crippen LogP contribution in [0.1, 0.15) is 0 Å². The molecule has 0 amide bonds. The third kappa shape index (κ3) is 5.09. The lowest BCUT2D eigenvalue weighted by atomic mass is 9.99. The zero-order chi connectivity index (χ0) is 38.2. The minimum absolute atomic E-state index is 0.895. The van der Waals surface area contributed by atoms with Gasteiger partial charge in [-0.3, -0.25) is 0 Å². The van der Waals surface area contributed by atoms with Gasteiger partial charge in [-0.25, -0.2) is 0 Å². The molecule has 0 unspecified atom stereocenters. The first-order valence-corrected chi connectivity index (χ1v) is 19.7. The van der Waals surface area contributed by atoms with Gasteiger partial charge in [0.1, 0.15) is 22.3 Å². The van der Waals surface area contributed by atoms with Crippen LogP contribution in [0.5, 0.6) is 0 Å². The first-order chi connectivity index (χ1) is 28.7. The van der Waals surface area contributed by atoms with Gasteiger partial charge in [0, 0.05) is 55.1 Å². The van der Waals surface area contributed by atoms with Crippen LogP contribution in [0.15, 0.2) is 215 Å². The number of nitrogens with zero attached hydrogens (tertiary/aromatic N) is 2. The zero-order valence-corrected chi connectivity index (χ0v) is 31.3. The second-order valence-corrected chi connectivity index (χ2v) is 14.9. The summed E-state index contributed by atoms with van der Waals surface area (Å²) < 4.78 is 14.8. The first kappa shape index (κ1) is 32.4. The number of benzene rings is 9. The average molecular weight is 743 g/mol. The van der Waals surface area contributed by atoms with E-state index in [9.17, 15) is 0 Å². The molecule has 272 valence electrons. The maximum Gasteiger partial charge on any atom is 0.136 e. The van der Waals surface area contributed by atoms with E-state index in [1.54, 1.807) is 0 Å². The van der Waals surface area contributed by atoms with Gasteiger partial charge in [-0.05, 0) is 107 Å². The van der Waals surface area contributed by atoms with Crippen LogP contribution in [-0.2, 0) is 0 Å². The van der Waals surface area contributed by atoms with Gasteiger partial charge in [0.2, 0.25) is 0 Å². The molecule has 58 heavy (non-hydrogen) atoms. The minimum Gasteiger partial charge on any atom is -0.456 e. The molecule has 0 saturated heterocycles. The SMILES string of the molecule is c1ccc(-n2c3ccccc3c3ccc(N(c4ccc(-c5ccc6oc7ccccc7c6c5)cc4)c4ccc(-c5cccc6oc7ccccc7c56)cc4)cc32)cc1. The number of aromatic nitrogens is 1. The standard InChI is InChI=1S/C54H34N2O2/c1-2-11-38(12-3-1)56-48-17-7-4-13-43(48)44-31-30-41(34-49(44)56)55(39-26-21-35(22-27-39)37-25-32-52-47(33-37)45-14-5-8-18-50(45)57-52)40-28-23-36(24-29-40)42-16-10-20-53-54(42)46-15-6-9-19-51(46)58-53/h1-34H. The molecule has 0 aliphatic heterocycles. The van der Waals surface area contributed by atoms with Crippen molar-refractivity contribution < 1.29 is 8.83 Å². The summed E-state index contributed by atoms with van der Waals surface area (Å²) in [5, 5.41) is 6.97. The molecule has 4 heteroatoms. The monoisotopic (exact) mass is 742 g/mol. The van der Waals surface area contributed by atoms with Gasteiger partial charge in [-0.1, -0.05) is 121 Å². The fraction of sp³-hybridized carbons (Fsp3) is 0. The molecule has 3 aromatic heterocycles. The largest absolute Gasteiger partial charge is 0.456 e. The second-order valence-electron chi connectivity index (χ2n) is 14.9. The lowest BCUT2D eigenvalue weighted by Crippen LogP contribution is -2.10. The number of anilines is 3. The van der Waals surface area contributed by atoms with Crippen molar-refractivity contribution in [3.63, 3.8) is 0 Å². The van der Waals surface area contributed by atoms with Crippen LogP contribution < -0.4 is 4.90 Å². The summed E-state index contributed by atoms with van der Waals surface area (Å²) in [6.07, 6.45) is 0. The lowest BCUT2D eigenvalue weighted by molar-refractivity contribution is 0.668. The number of rotatable bonds is 6.